The van der Waals surface area contributed by atoms with E-state index in [0.717, 1.165) is 12.0 Å². The molecule has 13 heavy (non-hydrogen) atoms. The van der Waals surface area contributed by atoms with E-state index in [9.17, 15) is 13.2 Å². The van der Waals surface area contributed by atoms with Crippen molar-refractivity contribution in [3.05, 3.63) is 11.6 Å². The Hall–Kier alpha value is -0.640. The van der Waals surface area contributed by atoms with E-state index < -0.39 is 9.84 Å². The molecule has 0 aromatic heterocycles. The van der Waals surface area contributed by atoms with E-state index in [2.05, 4.69) is 0 Å². The third-order valence-corrected chi connectivity index (χ3v) is 3.94. The minimum Gasteiger partial charge on any atom is -0.295 e. The Bertz CT molecular complexity index is 325. The van der Waals surface area contributed by atoms with Crippen LogP contribution in [0.15, 0.2) is 11.6 Å². The summed E-state index contributed by atoms with van der Waals surface area (Å²) in [7, 11) is -2.88. The fourth-order valence-electron chi connectivity index (χ4n) is 1.28. The van der Waals surface area contributed by atoms with Crippen molar-refractivity contribution in [2.75, 3.05) is 11.5 Å². The van der Waals surface area contributed by atoms with Gasteiger partial charge < -0.3 is 0 Å². The molecule has 1 aliphatic carbocycles. The van der Waals surface area contributed by atoms with Gasteiger partial charge in [0.1, 0.15) is 9.84 Å². The van der Waals surface area contributed by atoms with Crippen LogP contribution in [-0.2, 0) is 14.6 Å². The highest BCUT2D eigenvalue weighted by Gasteiger charge is 2.14. The summed E-state index contributed by atoms with van der Waals surface area (Å²) in [5.41, 5.74) is 0.988. The molecule has 4 heteroatoms. The van der Waals surface area contributed by atoms with Crippen LogP contribution in [0.5, 0.6) is 0 Å². The van der Waals surface area contributed by atoms with Crippen LogP contribution in [-0.4, -0.2) is 25.7 Å². The first-order valence-electron chi connectivity index (χ1n) is 4.46. The molecule has 1 rings (SSSR count). The highest BCUT2D eigenvalue weighted by Crippen LogP contribution is 2.18. The second-order valence-corrected chi connectivity index (χ2v) is 5.73. The van der Waals surface area contributed by atoms with Crippen molar-refractivity contribution in [1.29, 1.82) is 0 Å². The van der Waals surface area contributed by atoms with Crippen LogP contribution in [0.4, 0.5) is 0 Å². The van der Waals surface area contributed by atoms with E-state index >= 15 is 0 Å². The topological polar surface area (TPSA) is 51.2 Å². The van der Waals surface area contributed by atoms with Gasteiger partial charge in [-0.2, -0.15) is 0 Å². The summed E-state index contributed by atoms with van der Waals surface area (Å²) in [6.07, 6.45) is 3.42. The lowest BCUT2D eigenvalue weighted by atomic mass is 10.2. The molecule has 0 atom stereocenters. The molecule has 0 saturated heterocycles. The largest absolute Gasteiger partial charge is 0.295 e. The number of hydrogen-bond acceptors (Lipinski definition) is 3. The van der Waals surface area contributed by atoms with E-state index in [0.29, 0.717) is 12.8 Å². The van der Waals surface area contributed by atoms with Gasteiger partial charge in [-0.15, -0.1) is 0 Å². The van der Waals surface area contributed by atoms with Crippen molar-refractivity contribution in [3.63, 3.8) is 0 Å². The summed E-state index contributed by atoms with van der Waals surface area (Å²) in [6, 6.07) is 0. The van der Waals surface area contributed by atoms with Gasteiger partial charge in [0.15, 0.2) is 5.78 Å². The second-order valence-electron chi connectivity index (χ2n) is 3.26. The third kappa shape index (κ3) is 3.30. The van der Waals surface area contributed by atoms with E-state index in [-0.39, 0.29) is 17.3 Å². The Balaban J connectivity index is 2.44. The van der Waals surface area contributed by atoms with E-state index in [4.69, 9.17) is 0 Å². The maximum Gasteiger partial charge on any atom is 0.155 e. The standard InChI is InChI=1S/C9H14O3S/c1-2-13(11,12)6-5-8-3-4-9(10)7-8/h7H,2-6H2,1H3. The van der Waals surface area contributed by atoms with Gasteiger partial charge in [-0.25, -0.2) is 8.42 Å². The molecular formula is C9H14O3S. The Morgan fingerprint density at radius 3 is 2.54 bits per heavy atom. The fourth-order valence-corrected chi connectivity index (χ4v) is 2.15. The van der Waals surface area contributed by atoms with Crippen LogP contribution in [0.1, 0.15) is 26.2 Å². The third-order valence-electron chi connectivity index (χ3n) is 2.23. The molecule has 0 radical (unpaired) electrons. The summed E-state index contributed by atoms with van der Waals surface area (Å²) >= 11 is 0. The number of ketones is 1. The SMILES string of the molecule is CCS(=O)(=O)CCC1=CC(=O)CC1. The average molecular weight is 202 g/mol. The van der Waals surface area contributed by atoms with Gasteiger partial charge in [0, 0.05) is 12.2 Å². The molecule has 74 valence electrons. The van der Waals surface area contributed by atoms with Crippen LogP contribution < -0.4 is 0 Å². The van der Waals surface area contributed by atoms with Crippen molar-refractivity contribution < 1.29 is 13.2 Å². The van der Waals surface area contributed by atoms with Gasteiger partial charge in [0.2, 0.25) is 0 Å². The number of carbonyl (C=O) groups excluding carboxylic acids is 1. The number of rotatable bonds is 4. The molecule has 0 unspecified atom stereocenters. The molecule has 0 N–H and O–H groups in total. The number of carbonyl (C=O) groups is 1. The van der Waals surface area contributed by atoms with Crippen LogP contribution >= 0.6 is 0 Å². The Labute approximate surface area is 78.8 Å². The molecule has 0 amide bonds. The van der Waals surface area contributed by atoms with Gasteiger partial charge in [-0.3, -0.25) is 4.79 Å². The predicted octanol–water partition coefficient (Wildman–Crippen LogP) is 1.10. The molecule has 0 aromatic rings. The number of sulfone groups is 1. The van der Waals surface area contributed by atoms with Crippen LogP contribution in [0, 0.1) is 0 Å². The highest BCUT2D eigenvalue weighted by atomic mass is 32.2. The summed E-state index contributed by atoms with van der Waals surface area (Å²) in [5, 5.41) is 0. The first kappa shape index (κ1) is 10.4. The average Bonchev–Trinajstić information content (AvgIpc) is 2.48. The normalized spacial score (nSPS) is 17.6. The molecule has 0 aromatic carbocycles. The van der Waals surface area contributed by atoms with Crippen LogP contribution in [0.3, 0.4) is 0 Å². The smallest absolute Gasteiger partial charge is 0.155 e. The highest BCUT2D eigenvalue weighted by molar-refractivity contribution is 7.91. The van der Waals surface area contributed by atoms with E-state index in [1.807, 2.05) is 0 Å². The van der Waals surface area contributed by atoms with E-state index in [1.54, 1.807) is 13.0 Å². The lowest BCUT2D eigenvalue weighted by Crippen LogP contribution is -2.08. The monoisotopic (exact) mass is 202 g/mol. The quantitative estimate of drug-likeness (QED) is 0.686. The number of hydrogen-bond donors (Lipinski definition) is 0. The zero-order valence-electron chi connectivity index (χ0n) is 7.75. The van der Waals surface area contributed by atoms with Crippen molar-refractivity contribution >= 4 is 15.6 Å². The number of allylic oxidation sites excluding steroid dienone is 2. The minimum atomic E-state index is -2.88. The summed E-state index contributed by atoms with van der Waals surface area (Å²) in [6.45, 7) is 1.64. The summed E-state index contributed by atoms with van der Waals surface area (Å²) in [4.78, 5) is 10.8. The van der Waals surface area contributed by atoms with Crippen molar-refractivity contribution in [3.8, 4) is 0 Å². The van der Waals surface area contributed by atoms with Gasteiger partial charge in [-0.1, -0.05) is 12.5 Å². The molecule has 3 nitrogen and oxygen atoms in total. The lowest BCUT2D eigenvalue weighted by molar-refractivity contribution is -0.114. The van der Waals surface area contributed by atoms with Crippen LogP contribution in [0.25, 0.3) is 0 Å². The van der Waals surface area contributed by atoms with Crippen molar-refractivity contribution in [2.45, 2.75) is 26.2 Å². The minimum absolute atomic E-state index is 0.129. The van der Waals surface area contributed by atoms with Crippen molar-refractivity contribution in [2.24, 2.45) is 0 Å². The fraction of sp³-hybridized carbons (Fsp3) is 0.667. The summed E-state index contributed by atoms with van der Waals surface area (Å²) in [5.74, 6) is 0.500. The van der Waals surface area contributed by atoms with Crippen LogP contribution in [0.2, 0.25) is 0 Å². The molecule has 0 spiro atoms. The lowest BCUT2D eigenvalue weighted by Gasteiger charge is -2.00. The van der Waals surface area contributed by atoms with Gasteiger partial charge in [0.25, 0.3) is 0 Å². The second kappa shape index (κ2) is 4.05. The van der Waals surface area contributed by atoms with Gasteiger partial charge >= 0.3 is 0 Å². The first-order chi connectivity index (χ1) is 6.03. The van der Waals surface area contributed by atoms with Crippen molar-refractivity contribution in [1.82, 2.24) is 0 Å². The molecule has 0 bridgehead atoms. The molecule has 0 aliphatic heterocycles. The Kier molecular flexibility index (Phi) is 3.25. The summed E-state index contributed by atoms with van der Waals surface area (Å²) < 4.78 is 22.3. The predicted molar refractivity (Wildman–Crippen MR) is 51.3 cm³/mol. The Morgan fingerprint density at radius 2 is 2.08 bits per heavy atom. The zero-order valence-corrected chi connectivity index (χ0v) is 8.56. The molecule has 0 heterocycles. The van der Waals surface area contributed by atoms with E-state index in [1.165, 1.54) is 0 Å². The molecular weight excluding hydrogens is 188 g/mol. The zero-order chi connectivity index (χ0) is 9.90. The maximum absolute atomic E-state index is 11.1. The van der Waals surface area contributed by atoms with Gasteiger partial charge in [-0.05, 0) is 18.9 Å². The molecule has 0 saturated carbocycles. The maximum atomic E-state index is 11.1. The first-order valence-corrected chi connectivity index (χ1v) is 6.28. The molecule has 1 aliphatic rings. The molecule has 0 fully saturated rings. The van der Waals surface area contributed by atoms with Gasteiger partial charge in [0.05, 0.1) is 5.75 Å². The Morgan fingerprint density at radius 1 is 1.38 bits per heavy atom.